The molecule has 0 N–H and O–H groups in total. The van der Waals surface area contributed by atoms with E-state index in [1.165, 1.54) is 7.11 Å². The van der Waals surface area contributed by atoms with Gasteiger partial charge in [-0.2, -0.15) is 0 Å². The molecule has 2 saturated heterocycles. The second-order valence-corrected chi connectivity index (χ2v) is 5.50. The van der Waals surface area contributed by atoms with Crippen molar-refractivity contribution >= 4 is 11.9 Å². The van der Waals surface area contributed by atoms with Crippen LogP contribution < -0.4 is 0 Å². The molecule has 3 atom stereocenters. The zero-order valence-electron chi connectivity index (χ0n) is 11.3. The molecule has 2 aliphatic rings. The quantitative estimate of drug-likeness (QED) is 0.686. The first-order valence-electron chi connectivity index (χ1n) is 6.49. The summed E-state index contributed by atoms with van der Waals surface area (Å²) in [4.78, 5) is 25.8. The summed E-state index contributed by atoms with van der Waals surface area (Å²) in [5, 5.41) is 0. The molecule has 2 rings (SSSR count). The Balaban J connectivity index is 2.03. The highest BCUT2D eigenvalue weighted by molar-refractivity contribution is 5.86. The Kier molecular flexibility index (Phi) is 3.61. The molecule has 0 saturated carbocycles. The van der Waals surface area contributed by atoms with Crippen LogP contribution >= 0.6 is 0 Å². The van der Waals surface area contributed by atoms with Gasteiger partial charge in [0.05, 0.1) is 13.0 Å². The van der Waals surface area contributed by atoms with Crippen LogP contribution in [0.3, 0.4) is 0 Å². The predicted molar refractivity (Wildman–Crippen MR) is 64.8 cm³/mol. The van der Waals surface area contributed by atoms with Gasteiger partial charge in [0, 0.05) is 19.7 Å². The van der Waals surface area contributed by atoms with Gasteiger partial charge in [0.2, 0.25) is 0 Å². The lowest BCUT2D eigenvalue weighted by atomic mass is 9.99. The lowest BCUT2D eigenvalue weighted by molar-refractivity contribution is -0.151. The zero-order valence-corrected chi connectivity index (χ0v) is 11.3. The molecule has 0 aliphatic carbocycles. The van der Waals surface area contributed by atoms with Gasteiger partial charge in [-0.3, -0.25) is 9.59 Å². The minimum atomic E-state index is -0.690. The number of ether oxygens (including phenoxy) is 2. The molecule has 18 heavy (non-hydrogen) atoms. The van der Waals surface area contributed by atoms with Gasteiger partial charge in [-0.25, -0.2) is 0 Å². The van der Waals surface area contributed by atoms with Gasteiger partial charge in [0.15, 0.2) is 0 Å². The van der Waals surface area contributed by atoms with E-state index in [1.54, 1.807) is 4.90 Å². The van der Waals surface area contributed by atoms with E-state index in [0.717, 1.165) is 12.8 Å². The monoisotopic (exact) mass is 255 g/mol. The fraction of sp³-hybridized carbons (Fsp3) is 0.846. The Labute approximate surface area is 107 Å². The molecule has 5 nitrogen and oxygen atoms in total. The summed E-state index contributed by atoms with van der Waals surface area (Å²) in [5.74, 6) is -0.274. The first-order valence-corrected chi connectivity index (χ1v) is 6.49. The second-order valence-electron chi connectivity index (χ2n) is 5.50. The van der Waals surface area contributed by atoms with Crippen LogP contribution in [0.4, 0.5) is 0 Å². The second kappa shape index (κ2) is 4.88. The Morgan fingerprint density at radius 1 is 1.39 bits per heavy atom. The van der Waals surface area contributed by atoms with Gasteiger partial charge in [0.1, 0.15) is 5.60 Å². The third-order valence-corrected chi connectivity index (χ3v) is 4.07. The number of hydrogen-bond donors (Lipinski definition) is 0. The Hall–Kier alpha value is -1.10. The number of rotatable bonds is 2. The summed E-state index contributed by atoms with van der Waals surface area (Å²) in [6, 6.07) is 0. The molecule has 0 bridgehead atoms. The van der Waals surface area contributed by atoms with Crippen molar-refractivity contribution in [2.75, 3.05) is 26.8 Å². The van der Waals surface area contributed by atoms with Gasteiger partial charge >= 0.3 is 5.97 Å². The number of carbonyl (C=O) groups excluding carboxylic acids is 2. The highest BCUT2D eigenvalue weighted by Crippen LogP contribution is 2.31. The van der Waals surface area contributed by atoms with Crippen molar-refractivity contribution in [3.05, 3.63) is 0 Å². The molecule has 1 amide bonds. The van der Waals surface area contributed by atoms with Crippen molar-refractivity contribution in [3.8, 4) is 0 Å². The van der Waals surface area contributed by atoms with Crippen LogP contribution in [0.5, 0.6) is 0 Å². The summed E-state index contributed by atoms with van der Waals surface area (Å²) in [7, 11) is 1.39. The third kappa shape index (κ3) is 2.23. The van der Waals surface area contributed by atoms with E-state index in [0.29, 0.717) is 19.7 Å². The lowest BCUT2D eigenvalue weighted by Gasteiger charge is -2.28. The van der Waals surface area contributed by atoms with Gasteiger partial charge in [0.25, 0.3) is 5.91 Å². The summed E-state index contributed by atoms with van der Waals surface area (Å²) < 4.78 is 10.3. The van der Waals surface area contributed by atoms with Crippen LogP contribution in [0.1, 0.15) is 26.7 Å². The number of nitrogens with zero attached hydrogens (tertiary/aromatic N) is 1. The zero-order chi connectivity index (χ0) is 13.3. The van der Waals surface area contributed by atoms with E-state index in [2.05, 4.69) is 0 Å². The summed E-state index contributed by atoms with van der Waals surface area (Å²) in [6.45, 7) is 5.53. The Morgan fingerprint density at radius 3 is 2.67 bits per heavy atom. The standard InChI is InChI=1S/C13H21NO4/c1-9-7-14(8-10(9)11(15)17-3)12(16)13(2)5-4-6-18-13/h9-10H,4-8H2,1-3H3. The van der Waals surface area contributed by atoms with E-state index in [-0.39, 0.29) is 23.7 Å². The Morgan fingerprint density at radius 2 is 2.11 bits per heavy atom. The van der Waals surface area contributed by atoms with E-state index in [4.69, 9.17) is 9.47 Å². The SMILES string of the molecule is COC(=O)C1CN(C(=O)C2(C)CCCO2)CC1C. The fourth-order valence-corrected chi connectivity index (χ4v) is 2.87. The fourth-order valence-electron chi connectivity index (χ4n) is 2.87. The van der Waals surface area contributed by atoms with Gasteiger partial charge in [-0.15, -0.1) is 0 Å². The summed E-state index contributed by atoms with van der Waals surface area (Å²) in [5.41, 5.74) is -0.690. The van der Waals surface area contributed by atoms with Crippen LogP contribution in [-0.2, 0) is 19.1 Å². The Bertz CT molecular complexity index is 349. The summed E-state index contributed by atoms with van der Waals surface area (Å²) in [6.07, 6.45) is 1.69. The molecule has 0 radical (unpaired) electrons. The van der Waals surface area contributed by atoms with Crippen LogP contribution in [0.2, 0.25) is 0 Å². The molecule has 2 heterocycles. The normalized spacial score (nSPS) is 35.8. The van der Waals surface area contributed by atoms with E-state index in [1.807, 2.05) is 13.8 Å². The maximum atomic E-state index is 12.4. The smallest absolute Gasteiger partial charge is 0.310 e. The van der Waals surface area contributed by atoms with E-state index < -0.39 is 5.60 Å². The molecule has 0 spiro atoms. The molecule has 5 heteroatoms. The van der Waals surface area contributed by atoms with Crippen LogP contribution in [0.25, 0.3) is 0 Å². The largest absolute Gasteiger partial charge is 0.469 e. The molecular formula is C13H21NO4. The lowest BCUT2D eigenvalue weighted by Crippen LogP contribution is -2.46. The highest BCUT2D eigenvalue weighted by atomic mass is 16.5. The molecule has 2 aliphatic heterocycles. The van der Waals surface area contributed by atoms with Crippen LogP contribution in [0, 0.1) is 11.8 Å². The average molecular weight is 255 g/mol. The minimum absolute atomic E-state index is 0.0123. The minimum Gasteiger partial charge on any atom is -0.469 e. The van der Waals surface area contributed by atoms with Gasteiger partial charge in [-0.1, -0.05) is 6.92 Å². The van der Waals surface area contributed by atoms with Gasteiger partial charge in [-0.05, 0) is 25.7 Å². The summed E-state index contributed by atoms with van der Waals surface area (Å²) >= 11 is 0. The average Bonchev–Trinajstić information content (AvgIpc) is 2.95. The first kappa shape index (κ1) is 13.3. The van der Waals surface area contributed by atoms with Crippen molar-refractivity contribution in [1.82, 2.24) is 4.90 Å². The maximum absolute atomic E-state index is 12.4. The molecule has 3 unspecified atom stereocenters. The van der Waals surface area contributed by atoms with Crippen molar-refractivity contribution < 1.29 is 19.1 Å². The molecule has 0 aromatic rings. The highest BCUT2D eigenvalue weighted by Gasteiger charge is 2.45. The first-order chi connectivity index (χ1) is 8.48. The topological polar surface area (TPSA) is 55.8 Å². The van der Waals surface area contributed by atoms with E-state index in [9.17, 15) is 9.59 Å². The maximum Gasteiger partial charge on any atom is 0.310 e. The number of esters is 1. The molecule has 0 aromatic carbocycles. The number of amides is 1. The number of carbonyl (C=O) groups is 2. The van der Waals surface area contributed by atoms with Crippen LogP contribution in [0.15, 0.2) is 0 Å². The van der Waals surface area contributed by atoms with Crippen LogP contribution in [-0.4, -0.2) is 49.2 Å². The van der Waals surface area contributed by atoms with Crippen molar-refractivity contribution in [1.29, 1.82) is 0 Å². The molecule has 2 fully saturated rings. The number of likely N-dealkylation sites (tertiary alicyclic amines) is 1. The van der Waals surface area contributed by atoms with Crippen molar-refractivity contribution in [2.45, 2.75) is 32.3 Å². The van der Waals surface area contributed by atoms with Crippen molar-refractivity contribution in [2.24, 2.45) is 11.8 Å². The molecule has 102 valence electrons. The third-order valence-electron chi connectivity index (χ3n) is 4.07. The molecule has 0 aromatic heterocycles. The van der Waals surface area contributed by atoms with E-state index >= 15 is 0 Å². The predicted octanol–water partition coefficient (Wildman–Crippen LogP) is 0.823. The molecular weight excluding hydrogens is 234 g/mol. The number of hydrogen-bond acceptors (Lipinski definition) is 4. The number of methoxy groups -OCH3 is 1. The van der Waals surface area contributed by atoms with Crippen molar-refractivity contribution in [3.63, 3.8) is 0 Å². The van der Waals surface area contributed by atoms with Gasteiger partial charge < -0.3 is 14.4 Å².